The van der Waals surface area contributed by atoms with Crippen LogP contribution in [0.3, 0.4) is 0 Å². The van der Waals surface area contributed by atoms with E-state index in [1.54, 1.807) is 17.0 Å². The topological polar surface area (TPSA) is 81.1 Å². The molecule has 1 aliphatic heterocycles. The lowest BCUT2D eigenvalue weighted by atomic mass is 9.69. The monoisotopic (exact) mass is 464 g/mol. The molecule has 1 atom stereocenters. The highest BCUT2D eigenvalue weighted by Gasteiger charge is 2.46. The zero-order valence-electron chi connectivity index (χ0n) is 19.7. The smallest absolute Gasteiger partial charge is 0.407 e. The molecule has 7 heteroatoms. The van der Waals surface area contributed by atoms with Crippen LogP contribution in [0.25, 0.3) is 0 Å². The van der Waals surface area contributed by atoms with E-state index in [9.17, 15) is 19.8 Å². The molecule has 1 heterocycles. The van der Waals surface area contributed by atoms with E-state index in [0.29, 0.717) is 49.7 Å². The number of halogens is 1. The van der Waals surface area contributed by atoms with Gasteiger partial charge in [-0.15, -0.1) is 0 Å². The second-order valence-corrected chi connectivity index (χ2v) is 11.1. The van der Waals surface area contributed by atoms with E-state index in [0.717, 1.165) is 18.4 Å². The molecule has 3 rings (SSSR count). The Morgan fingerprint density at radius 3 is 2.25 bits per heavy atom. The van der Waals surface area contributed by atoms with Gasteiger partial charge in [0.2, 0.25) is 5.91 Å². The molecule has 1 aromatic carbocycles. The summed E-state index contributed by atoms with van der Waals surface area (Å²) in [7, 11) is 0. The van der Waals surface area contributed by atoms with Crippen molar-refractivity contribution in [2.75, 3.05) is 13.1 Å². The van der Waals surface area contributed by atoms with Crippen LogP contribution in [0.2, 0.25) is 5.02 Å². The fraction of sp³-hybridized carbons (Fsp3) is 0.680. The van der Waals surface area contributed by atoms with E-state index in [2.05, 4.69) is 6.92 Å². The minimum absolute atomic E-state index is 0.0830. The second-order valence-electron chi connectivity index (χ2n) is 10.7. The molecule has 0 spiro atoms. The molecule has 1 aliphatic carbocycles. The average Bonchev–Trinajstić information content (AvgIpc) is 2.70. The summed E-state index contributed by atoms with van der Waals surface area (Å²) >= 11 is 6.25. The van der Waals surface area contributed by atoms with E-state index < -0.39 is 23.2 Å². The average molecular weight is 465 g/mol. The fourth-order valence-corrected chi connectivity index (χ4v) is 5.64. The van der Waals surface area contributed by atoms with Crippen molar-refractivity contribution in [2.45, 2.75) is 89.3 Å². The van der Waals surface area contributed by atoms with Crippen molar-refractivity contribution in [3.05, 3.63) is 34.9 Å². The van der Waals surface area contributed by atoms with E-state index >= 15 is 0 Å². The molecule has 0 aromatic heterocycles. The first kappa shape index (κ1) is 24.8. The van der Waals surface area contributed by atoms with Gasteiger partial charge in [-0.05, 0) is 82.9 Å². The molecule has 0 bridgehead atoms. The minimum Gasteiger partial charge on any atom is -0.465 e. The van der Waals surface area contributed by atoms with Gasteiger partial charge < -0.3 is 20.0 Å². The van der Waals surface area contributed by atoms with E-state index in [1.807, 2.05) is 32.9 Å². The number of likely N-dealkylation sites (tertiary alicyclic amines) is 1. The lowest BCUT2D eigenvalue weighted by molar-refractivity contribution is -0.143. The molecule has 1 saturated heterocycles. The Hall–Kier alpha value is -1.79. The highest BCUT2D eigenvalue weighted by molar-refractivity contribution is 6.30. The Labute approximate surface area is 196 Å². The summed E-state index contributed by atoms with van der Waals surface area (Å²) in [6.45, 7) is 8.83. The van der Waals surface area contributed by atoms with Crippen molar-refractivity contribution >= 4 is 23.6 Å². The molecule has 178 valence electrons. The SMILES string of the molecule is CC1CCC(O)(C(C(=O)N2CCC(N(C(=O)O)C(C)(C)C)CC2)c2cccc(Cl)c2)CC1. The number of aliphatic hydroxyl groups is 1. The maximum absolute atomic E-state index is 13.8. The van der Waals surface area contributed by atoms with Crippen molar-refractivity contribution in [2.24, 2.45) is 5.92 Å². The third-order valence-electron chi connectivity index (χ3n) is 7.18. The van der Waals surface area contributed by atoms with Crippen LogP contribution in [-0.2, 0) is 4.79 Å². The highest BCUT2D eigenvalue weighted by Crippen LogP contribution is 2.43. The molecule has 2 aliphatic rings. The lowest BCUT2D eigenvalue weighted by Crippen LogP contribution is -2.56. The number of nitrogens with zero attached hydrogens (tertiary/aromatic N) is 2. The van der Waals surface area contributed by atoms with Gasteiger partial charge >= 0.3 is 6.09 Å². The first-order chi connectivity index (χ1) is 14.9. The van der Waals surface area contributed by atoms with Gasteiger partial charge in [0.15, 0.2) is 0 Å². The number of carbonyl (C=O) groups excluding carboxylic acids is 1. The summed E-state index contributed by atoms with van der Waals surface area (Å²) in [4.78, 5) is 29.0. The molecule has 0 radical (unpaired) electrons. The molecule has 6 nitrogen and oxygen atoms in total. The number of carbonyl (C=O) groups is 2. The summed E-state index contributed by atoms with van der Waals surface area (Å²) in [5.41, 5.74) is -0.840. The van der Waals surface area contributed by atoms with Crippen LogP contribution in [0.15, 0.2) is 24.3 Å². The molecule has 2 N–H and O–H groups in total. The van der Waals surface area contributed by atoms with Crippen molar-refractivity contribution in [3.8, 4) is 0 Å². The first-order valence-electron chi connectivity index (χ1n) is 11.7. The van der Waals surface area contributed by atoms with Crippen molar-refractivity contribution < 1.29 is 19.8 Å². The van der Waals surface area contributed by atoms with Gasteiger partial charge in [-0.1, -0.05) is 30.7 Å². The Balaban J connectivity index is 1.81. The maximum Gasteiger partial charge on any atom is 0.407 e. The maximum atomic E-state index is 13.8. The summed E-state index contributed by atoms with van der Waals surface area (Å²) in [5.74, 6) is -0.204. The standard InChI is InChI=1S/C25H37ClN2O4/c1-17-8-12-25(32,13-9-17)21(18-6-5-7-19(26)16-18)22(29)27-14-10-20(11-15-27)28(23(30)31)24(2,3)4/h5-7,16-17,20-21,32H,8-15H2,1-4H3,(H,30,31). The zero-order valence-corrected chi connectivity index (χ0v) is 20.4. The molecule has 2 fully saturated rings. The third kappa shape index (κ3) is 5.40. The predicted octanol–water partition coefficient (Wildman–Crippen LogP) is 5.13. The summed E-state index contributed by atoms with van der Waals surface area (Å²) in [6, 6.07) is 7.15. The fourth-order valence-electron chi connectivity index (χ4n) is 5.44. The van der Waals surface area contributed by atoms with E-state index in [4.69, 9.17) is 11.6 Å². The lowest BCUT2D eigenvalue weighted by Gasteiger charge is -2.46. The van der Waals surface area contributed by atoms with Gasteiger partial charge in [0.05, 0.1) is 11.5 Å². The van der Waals surface area contributed by atoms with Crippen molar-refractivity contribution in [3.63, 3.8) is 0 Å². The van der Waals surface area contributed by atoms with E-state index in [-0.39, 0.29) is 11.9 Å². The van der Waals surface area contributed by atoms with Crippen LogP contribution >= 0.6 is 11.6 Å². The second kappa shape index (κ2) is 9.60. The van der Waals surface area contributed by atoms with Gasteiger partial charge in [0.25, 0.3) is 0 Å². The molecule has 1 unspecified atom stereocenters. The number of hydrogen-bond donors (Lipinski definition) is 2. The summed E-state index contributed by atoms with van der Waals surface area (Å²) in [6.07, 6.45) is 3.21. The van der Waals surface area contributed by atoms with Crippen molar-refractivity contribution in [1.82, 2.24) is 9.80 Å². The molecule has 2 amide bonds. The van der Waals surface area contributed by atoms with Crippen molar-refractivity contribution in [1.29, 1.82) is 0 Å². The Morgan fingerprint density at radius 2 is 1.75 bits per heavy atom. The predicted molar refractivity (Wildman–Crippen MR) is 126 cm³/mol. The zero-order chi connectivity index (χ0) is 23.7. The van der Waals surface area contributed by atoms with Gasteiger partial charge in [0, 0.05) is 29.7 Å². The van der Waals surface area contributed by atoms with Crippen LogP contribution in [0.4, 0.5) is 4.79 Å². The van der Waals surface area contributed by atoms with Crippen LogP contribution in [0, 0.1) is 5.92 Å². The largest absolute Gasteiger partial charge is 0.465 e. The number of rotatable bonds is 4. The quantitative estimate of drug-likeness (QED) is 0.646. The molecule has 1 aromatic rings. The van der Waals surface area contributed by atoms with Crippen LogP contribution in [0.5, 0.6) is 0 Å². The van der Waals surface area contributed by atoms with Crippen LogP contribution < -0.4 is 0 Å². The third-order valence-corrected chi connectivity index (χ3v) is 7.41. The van der Waals surface area contributed by atoms with E-state index in [1.165, 1.54) is 4.90 Å². The Kier molecular flexibility index (Phi) is 7.45. The number of carboxylic acid groups (broad SMARTS) is 1. The number of benzene rings is 1. The van der Waals surface area contributed by atoms with Crippen LogP contribution in [-0.4, -0.2) is 62.3 Å². The number of hydrogen-bond acceptors (Lipinski definition) is 3. The summed E-state index contributed by atoms with van der Waals surface area (Å²) in [5, 5.41) is 21.9. The molecular weight excluding hydrogens is 428 g/mol. The molecular formula is C25H37ClN2O4. The van der Waals surface area contributed by atoms with Gasteiger partial charge in [-0.25, -0.2) is 4.79 Å². The summed E-state index contributed by atoms with van der Waals surface area (Å²) < 4.78 is 0. The van der Waals surface area contributed by atoms with Gasteiger partial charge in [-0.3, -0.25) is 4.79 Å². The Bertz CT molecular complexity index is 821. The first-order valence-corrected chi connectivity index (χ1v) is 12.1. The normalized spacial score (nSPS) is 25.9. The highest BCUT2D eigenvalue weighted by atomic mass is 35.5. The number of amides is 2. The van der Waals surface area contributed by atoms with Crippen LogP contribution in [0.1, 0.15) is 77.7 Å². The van der Waals surface area contributed by atoms with Gasteiger partial charge in [-0.2, -0.15) is 0 Å². The van der Waals surface area contributed by atoms with Gasteiger partial charge in [0.1, 0.15) is 0 Å². The Morgan fingerprint density at radius 1 is 1.16 bits per heavy atom. The minimum atomic E-state index is -1.09. The number of piperidine rings is 1. The molecule has 1 saturated carbocycles. The molecule has 32 heavy (non-hydrogen) atoms.